The molecular weight excluding hydrogens is 256 g/mol. The summed E-state index contributed by atoms with van der Waals surface area (Å²) in [6.07, 6.45) is 5.15. The van der Waals surface area contributed by atoms with Crippen LogP contribution in [0.1, 0.15) is 23.7 Å². The van der Waals surface area contributed by atoms with E-state index in [1.807, 2.05) is 0 Å². The monoisotopic (exact) mass is 270 g/mol. The van der Waals surface area contributed by atoms with E-state index in [0.717, 1.165) is 16.3 Å². The Morgan fingerprint density at radius 2 is 1.95 bits per heavy atom. The van der Waals surface area contributed by atoms with Crippen LogP contribution in [0.25, 0.3) is 0 Å². The van der Waals surface area contributed by atoms with Gasteiger partial charge in [-0.05, 0) is 13.8 Å². The minimum absolute atomic E-state index is 0.353. The molecule has 0 aliphatic carbocycles. The van der Waals surface area contributed by atoms with Gasteiger partial charge in [-0.1, -0.05) is 41.6 Å². The topological polar surface area (TPSA) is 50.2 Å². The molecule has 0 amide bonds. The average molecular weight is 270 g/mol. The minimum atomic E-state index is -0.353. The maximum atomic E-state index is 4.43. The molecule has 2 heterocycles. The largest absolute Gasteiger partial charge is 0.287 e. The molecular formula is C14H14N4S. The van der Waals surface area contributed by atoms with Gasteiger partial charge in [0.15, 0.2) is 0 Å². The van der Waals surface area contributed by atoms with Crippen LogP contribution in [0.4, 0.5) is 0 Å². The first kappa shape index (κ1) is 12.2. The van der Waals surface area contributed by atoms with Crippen molar-refractivity contribution < 1.29 is 0 Å². The van der Waals surface area contributed by atoms with Gasteiger partial charge >= 0.3 is 0 Å². The third-order valence-corrected chi connectivity index (χ3v) is 4.25. The number of nitrogens with one attached hydrogen (secondary N) is 1. The van der Waals surface area contributed by atoms with Crippen LogP contribution in [0, 0.1) is 6.92 Å². The van der Waals surface area contributed by atoms with Crippen LogP contribution >= 0.6 is 11.8 Å². The molecule has 1 aliphatic heterocycles. The molecule has 2 aromatic rings. The third-order valence-electron chi connectivity index (χ3n) is 3.02. The highest BCUT2D eigenvalue weighted by Crippen LogP contribution is 2.38. The Kier molecular flexibility index (Phi) is 2.98. The van der Waals surface area contributed by atoms with Crippen molar-refractivity contribution in [2.45, 2.75) is 18.7 Å². The Morgan fingerprint density at radius 3 is 2.63 bits per heavy atom. The fourth-order valence-electron chi connectivity index (χ4n) is 1.87. The first-order chi connectivity index (χ1) is 9.17. The Labute approximate surface area is 116 Å². The molecule has 19 heavy (non-hydrogen) atoms. The van der Waals surface area contributed by atoms with Crippen molar-refractivity contribution in [3.63, 3.8) is 0 Å². The van der Waals surface area contributed by atoms with Gasteiger partial charge in [-0.2, -0.15) is 5.10 Å². The van der Waals surface area contributed by atoms with E-state index in [0.29, 0.717) is 0 Å². The summed E-state index contributed by atoms with van der Waals surface area (Å²) in [4.78, 5) is 8.12. The molecule has 1 aromatic heterocycles. The molecule has 0 bridgehead atoms. The predicted molar refractivity (Wildman–Crippen MR) is 77.8 cm³/mol. The lowest BCUT2D eigenvalue weighted by atomic mass is 10.2. The lowest BCUT2D eigenvalue weighted by Crippen LogP contribution is -2.29. The molecule has 0 spiro atoms. The van der Waals surface area contributed by atoms with Gasteiger partial charge in [-0.15, -0.1) is 0 Å². The van der Waals surface area contributed by atoms with Crippen molar-refractivity contribution in [3.8, 4) is 0 Å². The van der Waals surface area contributed by atoms with Crippen LogP contribution in [-0.4, -0.2) is 15.0 Å². The van der Waals surface area contributed by atoms with Crippen molar-refractivity contribution in [2.75, 3.05) is 0 Å². The van der Waals surface area contributed by atoms with Gasteiger partial charge in [0.25, 0.3) is 0 Å². The second kappa shape index (κ2) is 4.66. The van der Waals surface area contributed by atoms with Crippen LogP contribution in [0.2, 0.25) is 0 Å². The predicted octanol–water partition coefficient (Wildman–Crippen LogP) is 2.66. The Morgan fingerprint density at radius 1 is 1.16 bits per heavy atom. The van der Waals surface area contributed by atoms with E-state index >= 15 is 0 Å². The lowest BCUT2D eigenvalue weighted by molar-refractivity contribution is 0.545. The van der Waals surface area contributed by atoms with Crippen LogP contribution in [-0.2, 0) is 4.87 Å². The zero-order chi connectivity index (χ0) is 13.3. The molecule has 1 unspecified atom stereocenters. The molecule has 96 valence electrons. The fraction of sp³-hybridized carbons (Fsp3) is 0.214. The molecule has 1 N–H and O–H groups in total. The van der Waals surface area contributed by atoms with Crippen molar-refractivity contribution >= 4 is 16.8 Å². The summed E-state index contributed by atoms with van der Waals surface area (Å²) in [5.74, 6) is 0. The maximum absolute atomic E-state index is 4.43. The normalized spacial score (nSPS) is 21.9. The number of hydrazone groups is 1. The standard InChI is InChI=1S/C14H14N4S/c1-10-3-5-11(6-4-10)13-17-18-14(2,19-13)12-9-15-7-8-16-12/h3-9,18H,1-2H3. The quantitative estimate of drug-likeness (QED) is 0.911. The van der Waals surface area contributed by atoms with Crippen molar-refractivity contribution in [3.05, 3.63) is 59.7 Å². The Hall–Kier alpha value is -1.88. The van der Waals surface area contributed by atoms with E-state index in [4.69, 9.17) is 0 Å². The summed E-state index contributed by atoms with van der Waals surface area (Å²) < 4.78 is 0. The molecule has 0 radical (unpaired) electrons. The number of hydrogen-bond donors (Lipinski definition) is 1. The smallest absolute Gasteiger partial charge is 0.146 e. The van der Waals surface area contributed by atoms with Gasteiger partial charge in [0.2, 0.25) is 0 Å². The lowest BCUT2D eigenvalue weighted by Gasteiger charge is -2.21. The number of aromatic nitrogens is 2. The first-order valence-electron chi connectivity index (χ1n) is 6.05. The minimum Gasteiger partial charge on any atom is -0.287 e. The van der Waals surface area contributed by atoms with Gasteiger partial charge in [-0.25, -0.2) is 0 Å². The summed E-state index contributed by atoms with van der Waals surface area (Å²) >= 11 is 1.66. The summed E-state index contributed by atoms with van der Waals surface area (Å²) in [6, 6.07) is 8.36. The van der Waals surface area contributed by atoms with E-state index < -0.39 is 0 Å². The van der Waals surface area contributed by atoms with Crippen LogP contribution in [0.3, 0.4) is 0 Å². The Bertz CT molecular complexity index is 609. The molecule has 0 fully saturated rings. The third kappa shape index (κ3) is 2.33. The van der Waals surface area contributed by atoms with Gasteiger partial charge in [-0.3, -0.25) is 15.4 Å². The van der Waals surface area contributed by atoms with Crippen LogP contribution in [0.15, 0.2) is 48.0 Å². The van der Waals surface area contributed by atoms with Crippen LogP contribution in [0.5, 0.6) is 0 Å². The molecule has 4 nitrogen and oxygen atoms in total. The Balaban J connectivity index is 1.85. The zero-order valence-electron chi connectivity index (χ0n) is 10.8. The summed E-state index contributed by atoms with van der Waals surface area (Å²) in [5, 5.41) is 5.41. The highest BCUT2D eigenvalue weighted by molar-refractivity contribution is 8.15. The summed E-state index contributed by atoms with van der Waals surface area (Å²) in [6.45, 7) is 4.14. The fourth-order valence-corrected chi connectivity index (χ4v) is 2.90. The molecule has 0 saturated heterocycles. The number of rotatable bonds is 2. The van der Waals surface area contributed by atoms with Gasteiger partial charge in [0.05, 0.1) is 11.9 Å². The van der Waals surface area contributed by atoms with E-state index in [2.05, 4.69) is 58.6 Å². The van der Waals surface area contributed by atoms with E-state index in [-0.39, 0.29) is 4.87 Å². The van der Waals surface area contributed by atoms with Gasteiger partial charge in [0.1, 0.15) is 9.91 Å². The highest BCUT2D eigenvalue weighted by atomic mass is 32.2. The average Bonchev–Trinajstić information content (AvgIpc) is 2.85. The van der Waals surface area contributed by atoms with Crippen molar-refractivity contribution in [1.29, 1.82) is 0 Å². The number of nitrogens with zero attached hydrogens (tertiary/aromatic N) is 3. The van der Waals surface area contributed by atoms with E-state index in [1.165, 1.54) is 5.56 Å². The molecule has 0 saturated carbocycles. The van der Waals surface area contributed by atoms with Gasteiger partial charge in [0, 0.05) is 18.0 Å². The van der Waals surface area contributed by atoms with Crippen molar-refractivity contribution in [2.24, 2.45) is 5.10 Å². The van der Waals surface area contributed by atoms with Crippen LogP contribution < -0.4 is 5.43 Å². The zero-order valence-corrected chi connectivity index (χ0v) is 11.6. The molecule has 1 aromatic carbocycles. The SMILES string of the molecule is Cc1ccc(C2=NNC(C)(c3cnccn3)S2)cc1. The summed E-state index contributed by atoms with van der Waals surface area (Å²) in [7, 11) is 0. The molecule has 5 heteroatoms. The highest BCUT2D eigenvalue weighted by Gasteiger charge is 2.35. The first-order valence-corrected chi connectivity index (χ1v) is 6.86. The maximum Gasteiger partial charge on any atom is 0.146 e. The van der Waals surface area contributed by atoms with E-state index in [1.54, 1.807) is 30.4 Å². The second-order valence-electron chi connectivity index (χ2n) is 4.62. The van der Waals surface area contributed by atoms with E-state index in [9.17, 15) is 0 Å². The number of thioether (sulfide) groups is 1. The number of hydrogen-bond acceptors (Lipinski definition) is 5. The molecule has 1 atom stereocenters. The number of aryl methyl sites for hydroxylation is 1. The molecule has 1 aliphatic rings. The van der Waals surface area contributed by atoms with Gasteiger partial charge < -0.3 is 0 Å². The molecule has 3 rings (SSSR count). The van der Waals surface area contributed by atoms with Crippen molar-refractivity contribution in [1.82, 2.24) is 15.4 Å². The number of benzene rings is 1. The second-order valence-corrected chi connectivity index (χ2v) is 6.03. The summed E-state index contributed by atoms with van der Waals surface area (Å²) in [5.41, 5.74) is 6.41.